The SMILES string of the molecule is Cc1ccc(F)c2cc(C(=O)NC3C(=O)NCCc4cccnc43)[nH]c12. The molecule has 0 aliphatic carbocycles. The Bertz CT molecular complexity index is 989. The first-order valence-electron chi connectivity index (χ1n) is 8.35. The summed E-state index contributed by atoms with van der Waals surface area (Å²) >= 11 is 0. The summed E-state index contributed by atoms with van der Waals surface area (Å²) in [6, 6.07) is 7.28. The zero-order valence-electron chi connectivity index (χ0n) is 14.1. The van der Waals surface area contributed by atoms with E-state index in [-0.39, 0.29) is 11.6 Å². The van der Waals surface area contributed by atoms with Crippen LogP contribution < -0.4 is 10.6 Å². The summed E-state index contributed by atoms with van der Waals surface area (Å²) < 4.78 is 14.0. The standard InChI is InChI=1S/C19H17FN4O2/c1-10-4-5-13(20)12-9-14(23-15(10)12)18(25)24-17-16-11(3-2-7-21-16)6-8-22-19(17)26/h2-5,7,9,17,23H,6,8H2,1H3,(H,22,26)(H,24,25). The molecular formula is C19H17FN4O2. The maximum Gasteiger partial charge on any atom is 0.268 e. The highest BCUT2D eigenvalue weighted by molar-refractivity contribution is 6.01. The number of aromatic nitrogens is 2. The van der Waals surface area contributed by atoms with Crippen molar-refractivity contribution in [3.05, 3.63) is 64.9 Å². The predicted molar refractivity (Wildman–Crippen MR) is 94.2 cm³/mol. The molecule has 1 aromatic carbocycles. The molecule has 3 N–H and O–H groups in total. The first-order valence-corrected chi connectivity index (χ1v) is 8.35. The quantitative estimate of drug-likeness (QED) is 0.660. The van der Waals surface area contributed by atoms with E-state index in [2.05, 4.69) is 20.6 Å². The molecule has 0 saturated heterocycles. The highest BCUT2D eigenvalue weighted by Gasteiger charge is 2.29. The van der Waals surface area contributed by atoms with Crippen LogP contribution in [0, 0.1) is 12.7 Å². The van der Waals surface area contributed by atoms with Crippen molar-refractivity contribution in [1.29, 1.82) is 0 Å². The van der Waals surface area contributed by atoms with Gasteiger partial charge >= 0.3 is 0 Å². The molecule has 1 unspecified atom stereocenters. The van der Waals surface area contributed by atoms with Crippen molar-refractivity contribution in [2.24, 2.45) is 0 Å². The first-order chi connectivity index (χ1) is 12.5. The Morgan fingerprint density at radius 2 is 2.19 bits per heavy atom. The van der Waals surface area contributed by atoms with Crippen LogP contribution in [0.15, 0.2) is 36.5 Å². The number of benzene rings is 1. The Balaban J connectivity index is 1.69. The van der Waals surface area contributed by atoms with Crippen molar-refractivity contribution >= 4 is 22.7 Å². The van der Waals surface area contributed by atoms with Gasteiger partial charge in [0.05, 0.1) is 11.2 Å². The molecule has 3 heterocycles. The Kier molecular flexibility index (Phi) is 3.91. The van der Waals surface area contributed by atoms with Crippen LogP contribution in [0.5, 0.6) is 0 Å². The molecule has 1 atom stereocenters. The molecule has 0 spiro atoms. The molecule has 3 aromatic rings. The number of H-pyrrole nitrogens is 1. The van der Waals surface area contributed by atoms with Crippen molar-refractivity contribution < 1.29 is 14.0 Å². The minimum atomic E-state index is -0.890. The fourth-order valence-corrected chi connectivity index (χ4v) is 3.26. The molecule has 0 bridgehead atoms. The van der Waals surface area contributed by atoms with Gasteiger partial charge in [-0.05, 0) is 42.7 Å². The minimum absolute atomic E-state index is 0.197. The number of hydrogen-bond donors (Lipinski definition) is 3. The van der Waals surface area contributed by atoms with E-state index in [0.717, 1.165) is 11.1 Å². The Morgan fingerprint density at radius 3 is 3.00 bits per heavy atom. The van der Waals surface area contributed by atoms with Gasteiger partial charge in [-0.25, -0.2) is 4.39 Å². The third-order valence-corrected chi connectivity index (χ3v) is 4.62. The maximum atomic E-state index is 14.0. The highest BCUT2D eigenvalue weighted by Crippen LogP contribution is 2.24. The molecule has 1 aliphatic rings. The molecule has 0 saturated carbocycles. The second-order valence-electron chi connectivity index (χ2n) is 6.33. The summed E-state index contributed by atoms with van der Waals surface area (Å²) in [6.45, 7) is 2.32. The summed E-state index contributed by atoms with van der Waals surface area (Å²) in [7, 11) is 0. The number of rotatable bonds is 2. The van der Waals surface area contributed by atoms with Gasteiger partial charge in [-0.2, -0.15) is 0 Å². The Labute approximate surface area is 148 Å². The highest BCUT2D eigenvalue weighted by atomic mass is 19.1. The van der Waals surface area contributed by atoms with Crippen LogP contribution in [0.2, 0.25) is 0 Å². The van der Waals surface area contributed by atoms with Crippen molar-refractivity contribution in [2.45, 2.75) is 19.4 Å². The van der Waals surface area contributed by atoms with Crippen molar-refractivity contribution in [1.82, 2.24) is 20.6 Å². The van der Waals surface area contributed by atoms with Crippen LogP contribution in [-0.2, 0) is 11.2 Å². The smallest absolute Gasteiger partial charge is 0.268 e. The molecule has 4 rings (SSSR count). The van der Waals surface area contributed by atoms with Crippen LogP contribution in [-0.4, -0.2) is 28.3 Å². The van der Waals surface area contributed by atoms with Gasteiger partial charge in [0, 0.05) is 18.1 Å². The lowest BCUT2D eigenvalue weighted by Gasteiger charge is -2.16. The van der Waals surface area contributed by atoms with E-state index < -0.39 is 17.8 Å². The number of pyridine rings is 1. The Hall–Kier alpha value is -3.22. The van der Waals surface area contributed by atoms with Gasteiger partial charge in [0.2, 0.25) is 5.91 Å². The summed E-state index contributed by atoms with van der Waals surface area (Å²) in [4.78, 5) is 32.3. The van der Waals surface area contributed by atoms with E-state index >= 15 is 0 Å². The predicted octanol–water partition coefficient (Wildman–Crippen LogP) is 2.15. The second-order valence-corrected chi connectivity index (χ2v) is 6.33. The lowest BCUT2D eigenvalue weighted by molar-refractivity contribution is -0.123. The van der Waals surface area contributed by atoms with Crippen molar-refractivity contribution in [3.8, 4) is 0 Å². The lowest BCUT2D eigenvalue weighted by atomic mass is 10.1. The van der Waals surface area contributed by atoms with E-state index in [1.165, 1.54) is 12.1 Å². The van der Waals surface area contributed by atoms with Crippen LogP contribution in [0.1, 0.15) is 33.4 Å². The van der Waals surface area contributed by atoms with E-state index in [0.29, 0.717) is 29.6 Å². The number of halogens is 1. The van der Waals surface area contributed by atoms with E-state index in [9.17, 15) is 14.0 Å². The number of hydrogen-bond acceptors (Lipinski definition) is 3. The molecule has 1 aliphatic heterocycles. The van der Waals surface area contributed by atoms with Gasteiger partial charge in [0.15, 0.2) is 6.04 Å². The lowest BCUT2D eigenvalue weighted by Crippen LogP contribution is -2.40. The van der Waals surface area contributed by atoms with Gasteiger partial charge in [0.1, 0.15) is 11.5 Å². The summed E-state index contributed by atoms with van der Waals surface area (Å²) in [5.41, 5.74) is 3.05. The van der Waals surface area contributed by atoms with Crippen molar-refractivity contribution in [3.63, 3.8) is 0 Å². The molecule has 0 radical (unpaired) electrons. The van der Waals surface area contributed by atoms with Crippen LogP contribution in [0.25, 0.3) is 10.9 Å². The van der Waals surface area contributed by atoms with Crippen LogP contribution in [0.4, 0.5) is 4.39 Å². The number of nitrogens with zero attached hydrogens (tertiary/aromatic N) is 1. The molecular weight excluding hydrogens is 335 g/mol. The summed E-state index contributed by atoms with van der Waals surface area (Å²) in [5.74, 6) is -1.20. The third kappa shape index (κ3) is 2.71. The molecule has 2 amide bonds. The van der Waals surface area contributed by atoms with Crippen molar-refractivity contribution in [2.75, 3.05) is 6.54 Å². The fraction of sp³-hybridized carbons (Fsp3) is 0.211. The number of carbonyl (C=O) groups excluding carboxylic acids is 2. The number of aromatic amines is 1. The summed E-state index contributed by atoms with van der Waals surface area (Å²) in [6.07, 6.45) is 2.25. The second kappa shape index (κ2) is 6.25. The van der Waals surface area contributed by atoms with Gasteiger partial charge in [-0.1, -0.05) is 12.1 Å². The van der Waals surface area contributed by atoms with Gasteiger partial charge in [0.25, 0.3) is 5.91 Å². The summed E-state index contributed by atoms with van der Waals surface area (Å²) in [5, 5.41) is 5.84. The molecule has 6 nitrogen and oxygen atoms in total. The topological polar surface area (TPSA) is 86.9 Å². The molecule has 132 valence electrons. The number of nitrogens with one attached hydrogen (secondary N) is 3. The van der Waals surface area contributed by atoms with E-state index in [4.69, 9.17) is 0 Å². The molecule has 7 heteroatoms. The zero-order chi connectivity index (χ0) is 18.3. The average molecular weight is 352 g/mol. The normalized spacial score (nSPS) is 16.7. The molecule has 2 aromatic heterocycles. The Morgan fingerprint density at radius 1 is 1.35 bits per heavy atom. The van der Waals surface area contributed by atoms with E-state index in [1.54, 1.807) is 18.3 Å². The van der Waals surface area contributed by atoms with E-state index in [1.807, 2.05) is 13.0 Å². The largest absolute Gasteiger partial charge is 0.354 e. The van der Waals surface area contributed by atoms with Gasteiger partial charge in [-0.3, -0.25) is 14.6 Å². The monoisotopic (exact) mass is 352 g/mol. The third-order valence-electron chi connectivity index (χ3n) is 4.62. The van der Waals surface area contributed by atoms with Crippen LogP contribution >= 0.6 is 0 Å². The molecule has 0 fully saturated rings. The number of fused-ring (bicyclic) bond motifs is 2. The zero-order valence-corrected chi connectivity index (χ0v) is 14.1. The van der Waals surface area contributed by atoms with Crippen LogP contribution in [0.3, 0.4) is 0 Å². The van der Waals surface area contributed by atoms with Gasteiger partial charge in [-0.15, -0.1) is 0 Å². The number of carbonyl (C=O) groups is 2. The minimum Gasteiger partial charge on any atom is -0.354 e. The number of aryl methyl sites for hydroxylation is 1. The van der Waals surface area contributed by atoms with Gasteiger partial charge < -0.3 is 15.6 Å². The maximum absolute atomic E-state index is 14.0. The average Bonchev–Trinajstić information content (AvgIpc) is 3.04. The fourth-order valence-electron chi connectivity index (χ4n) is 3.26. The first kappa shape index (κ1) is 16.3. The molecule has 26 heavy (non-hydrogen) atoms. The number of amides is 2.